The number of carbonyl (C=O) groups is 4. The van der Waals surface area contributed by atoms with Crippen molar-refractivity contribution in [3.63, 3.8) is 0 Å². The van der Waals surface area contributed by atoms with E-state index >= 15 is 0 Å². The van der Waals surface area contributed by atoms with Gasteiger partial charge in [0.05, 0.1) is 37.3 Å². The minimum absolute atomic E-state index is 0.0806. The highest BCUT2D eigenvalue weighted by Crippen LogP contribution is 2.54. The Balaban J connectivity index is 1.65. The van der Waals surface area contributed by atoms with Crippen molar-refractivity contribution in [2.45, 2.75) is 102 Å². The molecule has 2 saturated heterocycles. The molecule has 1 aromatic carbocycles. The average molecular weight is 666 g/mol. The van der Waals surface area contributed by atoms with Crippen LogP contribution in [0.1, 0.15) is 71.5 Å². The van der Waals surface area contributed by atoms with E-state index in [-0.39, 0.29) is 43.4 Å². The van der Waals surface area contributed by atoms with Gasteiger partial charge in [0.2, 0.25) is 17.7 Å². The van der Waals surface area contributed by atoms with Crippen LogP contribution in [0.2, 0.25) is 0 Å². The first-order chi connectivity index (χ1) is 23.1. The molecule has 5 rings (SSSR count). The molecule has 0 bridgehead atoms. The van der Waals surface area contributed by atoms with Crippen LogP contribution in [0.15, 0.2) is 54.6 Å². The van der Waals surface area contributed by atoms with Gasteiger partial charge in [-0.1, -0.05) is 88.2 Å². The SMILES string of the molecule is CCCC(C)N1CC=C[C@]23O[C@@H]4/C=C\CCC(=O)N[C@H](COC)[C@@H](c5ccccc5)OC(=O)[C@@H]4[C@H]2C(=O)N([C@@H](CO)[C@@H](C)CC)[C@@H]3C1=O. The number of aliphatic hydroxyl groups excluding tert-OH is 1. The molecule has 0 aliphatic carbocycles. The van der Waals surface area contributed by atoms with E-state index < -0.39 is 59.6 Å². The topological polar surface area (TPSA) is 135 Å². The van der Waals surface area contributed by atoms with E-state index in [1.54, 1.807) is 17.1 Å². The number of methoxy groups -OCH3 is 1. The number of hydrogen-bond donors (Lipinski definition) is 2. The number of carbonyl (C=O) groups excluding carboxylic acids is 4. The second-order valence-corrected chi connectivity index (χ2v) is 13.6. The number of hydrogen-bond acceptors (Lipinski definition) is 8. The Kier molecular flexibility index (Phi) is 11.4. The van der Waals surface area contributed by atoms with Crippen LogP contribution in [0, 0.1) is 17.8 Å². The summed E-state index contributed by atoms with van der Waals surface area (Å²) in [7, 11) is 1.51. The lowest BCUT2D eigenvalue weighted by atomic mass is 9.77. The number of amides is 3. The summed E-state index contributed by atoms with van der Waals surface area (Å²) in [4.78, 5) is 60.5. The summed E-state index contributed by atoms with van der Waals surface area (Å²) < 4.78 is 18.6. The van der Waals surface area contributed by atoms with Crippen molar-refractivity contribution in [2.75, 3.05) is 26.9 Å². The Labute approximate surface area is 283 Å². The Morgan fingerprint density at radius 1 is 1.08 bits per heavy atom. The molecule has 1 aromatic rings. The molecular weight excluding hydrogens is 614 g/mol. The zero-order chi connectivity index (χ0) is 34.6. The van der Waals surface area contributed by atoms with Gasteiger partial charge in [-0.25, -0.2) is 0 Å². The molecule has 4 aliphatic rings. The molecule has 2 N–H and O–H groups in total. The number of ether oxygens (including phenoxy) is 3. The largest absolute Gasteiger partial charge is 0.455 e. The van der Waals surface area contributed by atoms with Gasteiger partial charge in [0.1, 0.15) is 23.7 Å². The fourth-order valence-corrected chi connectivity index (χ4v) is 7.99. The second kappa shape index (κ2) is 15.3. The van der Waals surface area contributed by atoms with Crippen molar-refractivity contribution in [1.29, 1.82) is 0 Å². The average Bonchev–Trinajstić information content (AvgIpc) is 3.46. The van der Waals surface area contributed by atoms with Crippen LogP contribution in [0.25, 0.3) is 0 Å². The number of nitrogens with zero attached hydrogens (tertiary/aromatic N) is 2. The van der Waals surface area contributed by atoms with E-state index in [1.165, 1.54) is 12.0 Å². The molecule has 4 heterocycles. The molecule has 3 amide bonds. The van der Waals surface area contributed by atoms with Crippen LogP contribution < -0.4 is 5.32 Å². The molecular formula is C37H51N3O8. The first-order valence-electron chi connectivity index (χ1n) is 17.4. The highest BCUT2D eigenvalue weighted by molar-refractivity contribution is 5.99. The quantitative estimate of drug-likeness (QED) is 0.287. The van der Waals surface area contributed by atoms with Crippen molar-refractivity contribution >= 4 is 23.7 Å². The Morgan fingerprint density at radius 2 is 1.83 bits per heavy atom. The van der Waals surface area contributed by atoms with Crippen molar-refractivity contribution in [3.05, 3.63) is 60.2 Å². The van der Waals surface area contributed by atoms with E-state index in [0.717, 1.165) is 12.8 Å². The maximum Gasteiger partial charge on any atom is 0.313 e. The lowest BCUT2D eigenvalue weighted by Gasteiger charge is -2.41. The standard InChI is InChI=1S/C37H51N3O8/c1-6-14-24(4)39-20-13-19-37-31(34(43)40(33(37)35(39)44)27(21-41)23(3)7-2)30-28(48-37)17-11-12-18-29(42)38-26(22-46-5)32(47-36(30)45)25-15-9-8-10-16-25/h8-11,13,15-17,19,23-24,26-28,30-33,41H,6-7,12,14,18,20-22H2,1-5H3,(H,38,42)/b17-11-/t23-,24?,26+,27-,28+,30-,31-,32+,33+,37-/m0/s1. The molecule has 0 aromatic heterocycles. The Bertz CT molecular complexity index is 1380. The van der Waals surface area contributed by atoms with Gasteiger partial charge >= 0.3 is 5.97 Å². The van der Waals surface area contributed by atoms with Crippen LogP contribution in [0.4, 0.5) is 0 Å². The normalized spacial score (nSPS) is 33.3. The minimum Gasteiger partial charge on any atom is -0.455 e. The van der Waals surface area contributed by atoms with E-state index in [0.29, 0.717) is 24.9 Å². The van der Waals surface area contributed by atoms with E-state index in [9.17, 15) is 24.3 Å². The zero-order valence-electron chi connectivity index (χ0n) is 28.7. The number of nitrogens with one attached hydrogen (secondary N) is 1. The lowest BCUT2D eigenvalue weighted by Crippen LogP contribution is -2.60. The number of benzene rings is 1. The first-order valence-corrected chi connectivity index (χ1v) is 17.4. The molecule has 2 fully saturated rings. The van der Waals surface area contributed by atoms with Gasteiger partial charge in [0.25, 0.3) is 0 Å². The number of rotatable bonds is 10. The predicted octanol–water partition coefficient (Wildman–Crippen LogP) is 3.33. The predicted molar refractivity (Wildman–Crippen MR) is 178 cm³/mol. The molecule has 1 spiro atoms. The monoisotopic (exact) mass is 665 g/mol. The molecule has 262 valence electrons. The van der Waals surface area contributed by atoms with Crippen LogP contribution >= 0.6 is 0 Å². The molecule has 11 heteroatoms. The van der Waals surface area contributed by atoms with Crippen molar-refractivity contribution in [1.82, 2.24) is 15.1 Å². The van der Waals surface area contributed by atoms with Gasteiger partial charge in [-0.05, 0) is 31.2 Å². The van der Waals surface area contributed by atoms with Gasteiger partial charge in [-0.2, -0.15) is 0 Å². The van der Waals surface area contributed by atoms with Crippen LogP contribution in [-0.2, 0) is 33.4 Å². The van der Waals surface area contributed by atoms with Gasteiger partial charge in [-0.15, -0.1) is 0 Å². The number of allylic oxidation sites excluding steroid dienone is 1. The molecule has 48 heavy (non-hydrogen) atoms. The smallest absolute Gasteiger partial charge is 0.313 e. The zero-order valence-corrected chi connectivity index (χ0v) is 28.7. The lowest BCUT2D eigenvalue weighted by molar-refractivity contribution is -0.163. The molecule has 10 atom stereocenters. The highest BCUT2D eigenvalue weighted by Gasteiger charge is 2.73. The van der Waals surface area contributed by atoms with Crippen molar-refractivity contribution in [3.8, 4) is 0 Å². The molecule has 0 radical (unpaired) electrons. The molecule has 0 saturated carbocycles. The number of aliphatic hydroxyl groups is 1. The third kappa shape index (κ3) is 6.56. The van der Waals surface area contributed by atoms with Crippen LogP contribution in [-0.4, -0.2) is 101 Å². The van der Waals surface area contributed by atoms with Crippen molar-refractivity contribution < 1.29 is 38.5 Å². The van der Waals surface area contributed by atoms with Gasteiger partial charge in [-0.3, -0.25) is 19.2 Å². The third-order valence-corrected chi connectivity index (χ3v) is 10.6. The highest BCUT2D eigenvalue weighted by atomic mass is 16.6. The van der Waals surface area contributed by atoms with Gasteiger partial charge in [0.15, 0.2) is 0 Å². The van der Waals surface area contributed by atoms with Crippen LogP contribution in [0.3, 0.4) is 0 Å². The number of fused-ring (bicyclic) bond motifs is 2. The summed E-state index contributed by atoms with van der Waals surface area (Å²) in [6, 6.07) is 6.59. The summed E-state index contributed by atoms with van der Waals surface area (Å²) in [5, 5.41) is 13.7. The van der Waals surface area contributed by atoms with Gasteiger partial charge < -0.3 is 34.4 Å². The van der Waals surface area contributed by atoms with E-state index in [1.807, 2.05) is 63.3 Å². The van der Waals surface area contributed by atoms with Crippen molar-refractivity contribution in [2.24, 2.45) is 17.8 Å². The third-order valence-electron chi connectivity index (χ3n) is 10.6. The second-order valence-electron chi connectivity index (χ2n) is 13.6. The van der Waals surface area contributed by atoms with E-state index in [2.05, 4.69) is 12.2 Å². The maximum absolute atomic E-state index is 14.9. The van der Waals surface area contributed by atoms with Crippen LogP contribution in [0.5, 0.6) is 0 Å². The summed E-state index contributed by atoms with van der Waals surface area (Å²) in [5.41, 5.74) is -0.818. The maximum atomic E-state index is 14.9. The molecule has 11 nitrogen and oxygen atoms in total. The Morgan fingerprint density at radius 3 is 2.50 bits per heavy atom. The first kappa shape index (κ1) is 35.8. The van der Waals surface area contributed by atoms with E-state index in [4.69, 9.17) is 14.2 Å². The molecule has 1 unspecified atom stereocenters. The fraction of sp³-hybridized carbons (Fsp3) is 0.622. The van der Waals surface area contributed by atoms with Gasteiger partial charge in [0, 0.05) is 26.1 Å². The number of cyclic esters (lactones) is 1. The Hall–Kier alpha value is -3.54. The number of likely N-dealkylation sites (tertiary alicyclic amines) is 1. The summed E-state index contributed by atoms with van der Waals surface area (Å²) in [6.45, 7) is 8.08. The molecule has 4 aliphatic heterocycles. The summed E-state index contributed by atoms with van der Waals surface area (Å²) in [6.07, 6.45) is 8.26. The fourth-order valence-electron chi connectivity index (χ4n) is 7.99. The minimum atomic E-state index is -1.48. The summed E-state index contributed by atoms with van der Waals surface area (Å²) in [5.74, 6) is -3.87. The number of esters is 1. The summed E-state index contributed by atoms with van der Waals surface area (Å²) >= 11 is 0.